The van der Waals surface area contributed by atoms with Gasteiger partial charge in [-0.2, -0.15) is 0 Å². The summed E-state index contributed by atoms with van der Waals surface area (Å²) >= 11 is 0. The fourth-order valence-corrected chi connectivity index (χ4v) is 3.05. The van der Waals surface area contributed by atoms with Gasteiger partial charge >= 0.3 is 0 Å². The molecule has 1 aliphatic rings. The number of aryl methyl sites for hydroxylation is 1. The van der Waals surface area contributed by atoms with Gasteiger partial charge in [0.05, 0.1) is 0 Å². The van der Waals surface area contributed by atoms with E-state index >= 15 is 0 Å². The number of nitrogens with two attached hydrogens (primary N) is 1. The van der Waals surface area contributed by atoms with Gasteiger partial charge in [-0.15, -0.1) is 0 Å². The van der Waals surface area contributed by atoms with Crippen molar-refractivity contribution in [3.05, 3.63) is 35.1 Å². The fraction of sp³-hybridized carbons (Fsp3) is 0.625. The maximum Gasteiger partial charge on any atom is 0.127 e. The van der Waals surface area contributed by atoms with E-state index in [1.807, 2.05) is 19.1 Å². The molecular weight excluding hydrogens is 239 g/mol. The number of halogens is 1. The van der Waals surface area contributed by atoms with Gasteiger partial charge in [-0.3, -0.25) is 4.90 Å². The Kier molecular flexibility index (Phi) is 4.94. The van der Waals surface area contributed by atoms with Crippen LogP contribution in [0.25, 0.3) is 0 Å². The number of piperidine rings is 1. The van der Waals surface area contributed by atoms with E-state index < -0.39 is 0 Å². The lowest BCUT2D eigenvalue weighted by molar-refractivity contribution is 0.106. The SMILES string of the molecule is CCC1CCN(Cc2cc(C)ccc2F)C(CN)C1. The zero-order chi connectivity index (χ0) is 13.8. The Morgan fingerprint density at radius 1 is 1.42 bits per heavy atom. The molecule has 0 radical (unpaired) electrons. The summed E-state index contributed by atoms with van der Waals surface area (Å²) in [5.74, 6) is 0.686. The Labute approximate surface area is 115 Å². The smallest absolute Gasteiger partial charge is 0.127 e. The van der Waals surface area contributed by atoms with Crippen LogP contribution in [0.15, 0.2) is 18.2 Å². The second-order valence-electron chi connectivity index (χ2n) is 5.75. The summed E-state index contributed by atoms with van der Waals surface area (Å²) in [6, 6.07) is 5.75. The Morgan fingerprint density at radius 3 is 2.89 bits per heavy atom. The predicted molar refractivity (Wildman–Crippen MR) is 77.4 cm³/mol. The van der Waals surface area contributed by atoms with Gasteiger partial charge in [0.2, 0.25) is 0 Å². The maximum absolute atomic E-state index is 13.8. The minimum absolute atomic E-state index is 0.0982. The molecule has 0 saturated carbocycles. The lowest BCUT2D eigenvalue weighted by Gasteiger charge is -2.39. The van der Waals surface area contributed by atoms with Crippen LogP contribution in [-0.4, -0.2) is 24.0 Å². The molecule has 0 bridgehead atoms. The van der Waals surface area contributed by atoms with E-state index in [4.69, 9.17) is 5.73 Å². The van der Waals surface area contributed by atoms with Crippen molar-refractivity contribution in [1.82, 2.24) is 4.90 Å². The van der Waals surface area contributed by atoms with E-state index in [9.17, 15) is 4.39 Å². The highest BCUT2D eigenvalue weighted by atomic mass is 19.1. The number of likely N-dealkylation sites (tertiary alicyclic amines) is 1. The van der Waals surface area contributed by atoms with Gasteiger partial charge in [0.1, 0.15) is 5.82 Å². The maximum atomic E-state index is 13.8. The molecule has 1 saturated heterocycles. The molecule has 0 aromatic heterocycles. The van der Waals surface area contributed by atoms with Crippen LogP contribution in [0.1, 0.15) is 37.3 Å². The zero-order valence-electron chi connectivity index (χ0n) is 12.0. The van der Waals surface area contributed by atoms with Gasteiger partial charge < -0.3 is 5.73 Å². The van der Waals surface area contributed by atoms with E-state index in [-0.39, 0.29) is 5.82 Å². The van der Waals surface area contributed by atoms with E-state index in [1.54, 1.807) is 6.07 Å². The van der Waals surface area contributed by atoms with Crippen LogP contribution in [-0.2, 0) is 6.54 Å². The Hall–Kier alpha value is -0.930. The molecule has 1 heterocycles. The van der Waals surface area contributed by atoms with E-state index in [2.05, 4.69) is 11.8 Å². The first-order valence-electron chi connectivity index (χ1n) is 7.33. The number of benzene rings is 1. The fourth-order valence-electron chi connectivity index (χ4n) is 3.05. The summed E-state index contributed by atoms with van der Waals surface area (Å²) in [6.45, 7) is 6.64. The summed E-state index contributed by atoms with van der Waals surface area (Å²) in [7, 11) is 0. The van der Waals surface area contributed by atoms with Gasteiger partial charge in [-0.25, -0.2) is 4.39 Å². The third kappa shape index (κ3) is 3.54. The largest absolute Gasteiger partial charge is 0.329 e. The highest BCUT2D eigenvalue weighted by Crippen LogP contribution is 2.26. The topological polar surface area (TPSA) is 29.3 Å². The van der Waals surface area contributed by atoms with Gasteiger partial charge in [0, 0.05) is 24.7 Å². The molecule has 3 heteroatoms. The van der Waals surface area contributed by atoms with Crippen LogP contribution in [0.3, 0.4) is 0 Å². The normalized spacial score (nSPS) is 24.6. The summed E-state index contributed by atoms with van der Waals surface area (Å²) in [5.41, 5.74) is 7.81. The molecule has 1 aromatic rings. The second-order valence-corrected chi connectivity index (χ2v) is 5.75. The minimum Gasteiger partial charge on any atom is -0.329 e. The van der Waals surface area contributed by atoms with Crippen LogP contribution < -0.4 is 5.73 Å². The third-order valence-electron chi connectivity index (χ3n) is 4.37. The van der Waals surface area contributed by atoms with Crippen molar-refractivity contribution < 1.29 is 4.39 Å². The van der Waals surface area contributed by atoms with Crippen LogP contribution >= 0.6 is 0 Å². The van der Waals surface area contributed by atoms with Crippen molar-refractivity contribution in [3.63, 3.8) is 0 Å². The second kappa shape index (κ2) is 6.49. The van der Waals surface area contributed by atoms with Gasteiger partial charge in [-0.1, -0.05) is 31.0 Å². The molecule has 0 aliphatic carbocycles. The zero-order valence-corrected chi connectivity index (χ0v) is 12.0. The molecule has 2 nitrogen and oxygen atoms in total. The predicted octanol–water partition coefficient (Wildman–Crippen LogP) is 3.08. The highest BCUT2D eigenvalue weighted by molar-refractivity contribution is 5.24. The van der Waals surface area contributed by atoms with Crippen molar-refractivity contribution in [2.75, 3.05) is 13.1 Å². The molecule has 1 aliphatic heterocycles. The Balaban J connectivity index is 2.07. The van der Waals surface area contributed by atoms with Gasteiger partial charge in [0.25, 0.3) is 0 Å². The van der Waals surface area contributed by atoms with Gasteiger partial charge in [-0.05, 0) is 38.3 Å². The number of rotatable bonds is 4. The molecule has 19 heavy (non-hydrogen) atoms. The molecule has 1 fully saturated rings. The first-order chi connectivity index (χ1) is 9.13. The first kappa shape index (κ1) is 14.5. The standard InChI is InChI=1S/C16H25FN2/c1-3-13-6-7-19(15(9-13)10-18)11-14-8-12(2)4-5-16(14)17/h4-5,8,13,15H,3,6-7,9-11,18H2,1-2H3. The molecule has 2 unspecified atom stereocenters. The molecule has 1 aromatic carbocycles. The van der Waals surface area contributed by atoms with Crippen molar-refractivity contribution in [3.8, 4) is 0 Å². The third-order valence-corrected chi connectivity index (χ3v) is 4.37. The van der Waals surface area contributed by atoms with Crippen molar-refractivity contribution >= 4 is 0 Å². The van der Waals surface area contributed by atoms with Crippen LogP contribution in [0, 0.1) is 18.7 Å². The van der Waals surface area contributed by atoms with Crippen LogP contribution in [0.2, 0.25) is 0 Å². The Bertz CT molecular complexity index is 419. The quantitative estimate of drug-likeness (QED) is 0.905. The summed E-state index contributed by atoms with van der Waals surface area (Å²) in [4.78, 5) is 2.35. The monoisotopic (exact) mass is 264 g/mol. The van der Waals surface area contributed by atoms with E-state index in [0.717, 1.165) is 30.0 Å². The Morgan fingerprint density at radius 2 is 2.21 bits per heavy atom. The number of hydrogen-bond donors (Lipinski definition) is 1. The summed E-state index contributed by atoms with van der Waals surface area (Å²) in [6.07, 6.45) is 3.59. The average molecular weight is 264 g/mol. The molecule has 2 rings (SSSR count). The molecule has 2 atom stereocenters. The van der Waals surface area contributed by atoms with E-state index in [1.165, 1.54) is 12.8 Å². The van der Waals surface area contributed by atoms with E-state index in [0.29, 0.717) is 19.1 Å². The molecule has 0 spiro atoms. The number of nitrogens with zero attached hydrogens (tertiary/aromatic N) is 1. The molecule has 2 N–H and O–H groups in total. The van der Waals surface area contributed by atoms with Crippen molar-refractivity contribution in [2.24, 2.45) is 11.7 Å². The lowest BCUT2D eigenvalue weighted by atomic mass is 9.88. The summed E-state index contributed by atoms with van der Waals surface area (Å²) in [5, 5.41) is 0. The van der Waals surface area contributed by atoms with Crippen molar-refractivity contribution in [1.29, 1.82) is 0 Å². The summed E-state index contributed by atoms with van der Waals surface area (Å²) < 4.78 is 13.8. The van der Waals surface area contributed by atoms with Crippen LogP contribution in [0.5, 0.6) is 0 Å². The molecule has 106 valence electrons. The minimum atomic E-state index is -0.0982. The molecule has 0 amide bonds. The van der Waals surface area contributed by atoms with Crippen LogP contribution in [0.4, 0.5) is 4.39 Å². The van der Waals surface area contributed by atoms with Gasteiger partial charge in [0.15, 0.2) is 0 Å². The lowest BCUT2D eigenvalue weighted by Crippen LogP contribution is -2.46. The number of hydrogen-bond acceptors (Lipinski definition) is 2. The van der Waals surface area contributed by atoms with Crippen molar-refractivity contribution in [2.45, 2.75) is 45.7 Å². The molecular formula is C16H25FN2. The highest BCUT2D eigenvalue weighted by Gasteiger charge is 2.27. The first-order valence-corrected chi connectivity index (χ1v) is 7.33. The average Bonchev–Trinajstić information content (AvgIpc) is 2.43.